The van der Waals surface area contributed by atoms with Crippen LogP contribution in [0.1, 0.15) is 26.7 Å². The van der Waals surface area contributed by atoms with Gasteiger partial charge in [0.2, 0.25) is 0 Å². The second-order valence-electron chi connectivity index (χ2n) is 5.10. The summed E-state index contributed by atoms with van der Waals surface area (Å²) in [5.74, 6) is 0.679. The van der Waals surface area contributed by atoms with Crippen LogP contribution in [-0.2, 0) is 4.74 Å². The van der Waals surface area contributed by atoms with Gasteiger partial charge < -0.3 is 10.5 Å². The third-order valence-electron chi connectivity index (χ3n) is 2.99. The maximum absolute atomic E-state index is 11.9. The Hall–Kier alpha value is -0.850. The molecule has 1 rings (SSSR count). The third-order valence-corrected chi connectivity index (χ3v) is 2.99. The zero-order valence-corrected chi connectivity index (χ0v) is 12.5. The fourth-order valence-corrected chi connectivity index (χ4v) is 1.99. The molecule has 1 atom stereocenters. The zero-order valence-electron chi connectivity index (χ0n) is 11.7. The summed E-state index contributed by atoms with van der Waals surface area (Å²) in [5, 5.41) is 10.5. The number of ether oxygens (including phenoxy) is 1. The van der Waals surface area contributed by atoms with E-state index in [1.54, 1.807) is 0 Å². The van der Waals surface area contributed by atoms with E-state index in [2.05, 4.69) is 0 Å². The number of nitrogens with two attached hydrogens (primary N) is 1. The van der Waals surface area contributed by atoms with Gasteiger partial charge in [-0.15, -0.1) is 12.4 Å². The molecule has 0 aromatic heterocycles. The lowest BCUT2D eigenvalue weighted by molar-refractivity contribution is -0.000136. The van der Waals surface area contributed by atoms with Crippen LogP contribution >= 0.6 is 12.4 Å². The summed E-state index contributed by atoms with van der Waals surface area (Å²) in [6.45, 7) is 6.42. The Morgan fingerprint density at radius 3 is 2.84 bits per heavy atom. The highest BCUT2D eigenvalue weighted by atomic mass is 35.5. The molecule has 0 aromatic rings. The summed E-state index contributed by atoms with van der Waals surface area (Å²) in [6.07, 6.45) is 2.61. The topological polar surface area (TPSA) is 82.7 Å². The van der Waals surface area contributed by atoms with Gasteiger partial charge in [0.05, 0.1) is 6.61 Å². The van der Waals surface area contributed by atoms with Crippen LogP contribution in [0.25, 0.3) is 0 Å². The van der Waals surface area contributed by atoms with Crippen molar-refractivity contribution < 1.29 is 9.53 Å². The van der Waals surface area contributed by atoms with Crippen molar-refractivity contribution in [2.45, 2.75) is 26.7 Å². The molecule has 0 radical (unpaired) electrons. The zero-order chi connectivity index (χ0) is 13.5. The Bertz CT molecular complexity index is 289. The Morgan fingerprint density at radius 2 is 2.32 bits per heavy atom. The molecule has 0 unspecified atom stereocenters. The maximum atomic E-state index is 11.9. The van der Waals surface area contributed by atoms with E-state index in [-0.39, 0.29) is 12.4 Å². The molecule has 1 aliphatic heterocycles. The molecule has 0 spiro atoms. The molecule has 6 nitrogen and oxygen atoms in total. The predicted octanol–water partition coefficient (Wildman–Crippen LogP) is 1.70. The van der Waals surface area contributed by atoms with Crippen molar-refractivity contribution >= 4 is 24.8 Å². The summed E-state index contributed by atoms with van der Waals surface area (Å²) in [7, 11) is 0. The first kappa shape index (κ1) is 18.1. The van der Waals surface area contributed by atoms with Gasteiger partial charge in [-0.05, 0) is 31.2 Å². The molecular weight excluding hydrogens is 268 g/mol. The van der Waals surface area contributed by atoms with Gasteiger partial charge in [0.1, 0.15) is 6.34 Å². The molecule has 0 saturated carbocycles. The number of nitrogens with zero attached hydrogens (tertiary/aromatic N) is 2. The summed E-state index contributed by atoms with van der Waals surface area (Å²) < 4.78 is 5.14. The van der Waals surface area contributed by atoms with E-state index in [0.717, 1.165) is 25.7 Å². The Kier molecular flexibility index (Phi) is 8.71. The molecule has 3 N–H and O–H groups in total. The van der Waals surface area contributed by atoms with E-state index < -0.39 is 6.09 Å². The van der Waals surface area contributed by atoms with E-state index in [4.69, 9.17) is 15.9 Å². The van der Waals surface area contributed by atoms with Crippen LogP contribution in [0.15, 0.2) is 0 Å². The monoisotopic (exact) mass is 292 g/mol. The van der Waals surface area contributed by atoms with Crippen molar-refractivity contribution in [1.82, 2.24) is 10.0 Å². The molecule has 0 aliphatic carbocycles. The van der Waals surface area contributed by atoms with Gasteiger partial charge in [0, 0.05) is 13.1 Å². The van der Waals surface area contributed by atoms with Gasteiger partial charge in [-0.3, -0.25) is 5.41 Å². The van der Waals surface area contributed by atoms with Crippen LogP contribution in [0, 0.1) is 17.2 Å². The predicted molar refractivity (Wildman–Crippen MR) is 77.4 cm³/mol. The van der Waals surface area contributed by atoms with Gasteiger partial charge >= 0.3 is 6.09 Å². The molecule has 1 amide bonds. The molecule has 19 heavy (non-hydrogen) atoms. The summed E-state index contributed by atoms with van der Waals surface area (Å²) in [4.78, 5) is 11.9. The standard InChI is InChI=1S/C12H24N4O2.ClH/c1-10(2)8-18-12(17)16(9-14)15-5-3-4-11(6-13)7-15;/h9-11,14H,3-8,13H2,1-2H3;1H/t11-;/m0./s1. The number of carbonyl (C=O) groups is 1. The fourth-order valence-electron chi connectivity index (χ4n) is 1.99. The van der Waals surface area contributed by atoms with Gasteiger partial charge in [-0.2, -0.15) is 5.01 Å². The lowest BCUT2D eigenvalue weighted by Gasteiger charge is -2.36. The second-order valence-corrected chi connectivity index (χ2v) is 5.10. The quantitative estimate of drug-likeness (QED) is 0.597. The highest BCUT2D eigenvalue weighted by molar-refractivity contribution is 5.85. The van der Waals surface area contributed by atoms with E-state index in [1.165, 1.54) is 5.01 Å². The summed E-state index contributed by atoms with van der Waals surface area (Å²) in [5.41, 5.74) is 5.66. The average Bonchev–Trinajstić information content (AvgIpc) is 2.37. The highest BCUT2D eigenvalue weighted by Crippen LogP contribution is 2.17. The molecule has 0 aromatic carbocycles. The van der Waals surface area contributed by atoms with E-state index in [1.807, 2.05) is 18.9 Å². The molecule has 0 bridgehead atoms. The summed E-state index contributed by atoms with van der Waals surface area (Å²) in [6, 6.07) is 0. The van der Waals surface area contributed by atoms with Gasteiger partial charge in [0.25, 0.3) is 0 Å². The van der Waals surface area contributed by atoms with Crippen molar-refractivity contribution in [1.29, 1.82) is 5.41 Å². The minimum Gasteiger partial charge on any atom is -0.448 e. The molecule has 1 saturated heterocycles. The maximum Gasteiger partial charge on any atom is 0.430 e. The van der Waals surface area contributed by atoms with Crippen LogP contribution < -0.4 is 5.73 Å². The first-order chi connectivity index (χ1) is 8.58. The molecule has 1 heterocycles. The number of amides is 1. The summed E-state index contributed by atoms with van der Waals surface area (Å²) >= 11 is 0. The van der Waals surface area contributed by atoms with Gasteiger partial charge in [-0.1, -0.05) is 13.8 Å². The molecule has 112 valence electrons. The van der Waals surface area contributed by atoms with Gasteiger partial charge in [0.15, 0.2) is 0 Å². The Balaban J connectivity index is 0.00000324. The molecule has 1 fully saturated rings. The smallest absolute Gasteiger partial charge is 0.430 e. The lowest BCUT2D eigenvalue weighted by atomic mass is 9.99. The SMILES string of the molecule is CC(C)COC(=O)N(C=N)N1CCC[C@@H](CN)C1.Cl. The van der Waals surface area contributed by atoms with Crippen LogP contribution in [0.4, 0.5) is 4.79 Å². The average molecular weight is 293 g/mol. The normalized spacial score (nSPS) is 19.7. The first-order valence-corrected chi connectivity index (χ1v) is 6.50. The van der Waals surface area contributed by atoms with Gasteiger partial charge in [-0.25, -0.2) is 9.80 Å². The Labute approximate surface area is 121 Å². The van der Waals surface area contributed by atoms with Crippen LogP contribution in [0.3, 0.4) is 0 Å². The second kappa shape index (κ2) is 9.12. The number of carbonyl (C=O) groups excluding carboxylic acids is 1. The largest absolute Gasteiger partial charge is 0.448 e. The van der Waals surface area contributed by atoms with Crippen LogP contribution in [0.2, 0.25) is 0 Å². The van der Waals surface area contributed by atoms with Crippen molar-refractivity contribution in [3.63, 3.8) is 0 Å². The fraction of sp³-hybridized carbons (Fsp3) is 0.833. The van der Waals surface area contributed by atoms with E-state index in [0.29, 0.717) is 31.5 Å². The minimum absolute atomic E-state index is 0. The van der Waals surface area contributed by atoms with Crippen molar-refractivity contribution in [2.24, 2.45) is 17.6 Å². The molecule has 1 aliphatic rings. The number of hydrogen-bond donors (Lipinski definition) is 2. The number of halogens is 1. The molecule has 7 heteroatoms. The first-order valence-electron chi connectivity index (χ1n) is 6.50. The number of hydrogen-bond acceptors (Lipinski definition) is 5. The van der Waals surface area contributed by atoms with Crippen LogP contribution in [0.5, 0.6) is 0 Å². The molecular formula is C12H25ClN4O2. The van der Waals surface area contributed by atoms with Crippen molar-refractivity contribution in [3.8, 4) is 0 Å². The lowest BCUT2D eigenvalue weighted by Crippen LogP contribution is -2.51. The minimum atomic E-state index is -0.476. The number of nitrogens with one attached hydrogen (secondary N) is 1. The van der Waals surface area contributed by atoms with Crippen molar-refractivity contribution in [3.05, 3.63) is 0 Å². The van der Waals surface area contributed by atoms with E-state index in [9.17, 15) is 4.79 Å². The van der Waals surface area contributed by atoms with E-state index >= 15 is 0 Å². The number of piperidine rings is 1. The Morgan fingerprint density at radius 1 is 1.63 bits per heavy atom. The third kappa shape index (κ3) is 5.76. The number of rotatable bonds is 5. The van der Waals surface area contributed by atoms with Crippen LogP contribution in [-0.4, -0.2) is 48.7 Å². The number of hydrazine groups is 1. The van der Waals surface area contributed by atoms with Crippen molar-refractivity contribution in [2.75, 3.05) is 26.2 Å². The highest BCUT2D eigenvalue weighted by Gasteiger charge is 2.26.